The summed E-state index contributed by atoms with van der Waals surface area (Å²) >= 11 is -0.600. The zero-order chi connectivity index (χ0) is 16.9. The first kappa shape index (κ1) is 17.6. The lowest BCUT2D eigenvalue weighted by atomic mass is 10.2. The number of methoxy groups -OCH3 is 1. The highest BCUT2D eigenvalue weighted by atomic mass is 127. The Labute approximate surface area is 141 Å². The third-order valence-electron chi connectivity index (χ3n) is 2.79. The van der Waals surface area contributed by atoms with Crippen LogP contribution in [-0.4, -0.2) is 19.3 Å². The summed E-state index contributed by atoms with van der Waals surface area (Å²) in [6, 6.07) is 14.8. The lowest BCUT2D eigenvalue weighted by Crippen LogP contribution is -3.61. The second kappa shape index (κ2) is 7.67. The maximum atomic E-state index is 12.3. The SMILES string of the molecule is COc1ccc([I+]c2ccccc2)c(COC(=O)C(F)(F)F)c1. The predicted octanol–water partition coefficient (Wildman–Crippen LogP) is 0.429. The van der Waals surface area contributed by atoms with Crippen molar-refractivity contribution < 1.29 is 48.6 Å². The minimum absolute atomic E-state index is 0.433. The van der Waals surface area contributed by atoms with Crippen LogP contribution in [0.15, 0.2) is 48.5 Å². The molecule has 0 N–H and O–H groups in total. The van der Waals surface area contributed by atoms with Crippen molar-refractivity contribution in [2.24, 2.45) is 0 Å². The number of benzene rings is 2. The molecule has 0 heterocycles. The second-order valence-corrected chi connectivity index (χ2v) is 7.37. The largest absolute Gasteiger partial charge is 0.497 e. The van der Waals surface area contributed by atoms with E-state index in [4.69, 9.17) is 4.74 Å². The lowest BCUT2D eigenvalue weighted by Gasteiger charge is -2.08. The minimum Gasteiger partial charge on any atom is -0.497 e. The number of carbonyl (C=O) groups excluding carboxylic acids is 1. The van der Waals surface area contributed by atoms with Gasteiger partial charge >= 0.3 is 33.4 Å². The van der Waals surface area contributed by atoms with Crippen LogP contribution in [0, 0.1) is 7.14 Å². The smallest absolute Gasteiger partial charge is 0.490 e. The molecule has 0 saturated heterocycles. The van der Waals surface area contributed by atoms with Gasteiger partial charge in [0, 0.05) is 5.56 Å². The van der Waals surface area contributed by atoms with Crippen molar-refractivity contribution in [2.75, 3.05) is 7.11 Å². The molecule has 3 nitrogen and oxygen atoms in total. The van der Waals surface area contributed by atoms with Crippen LogP contribution in [-0.2, 0) is 16.1 Å². The van der Waals surface area contributed by atoms with Gasteiger partial charge in [-0.1, -0.05) is 18.2 Å². The molecule has 0 radical (unpaired) electrons. The second-order valence-electron chi connectivity index (χ2n) is 4.42. The predicted molar refractivity (Wildman–Crippen MR) is 72.7 cm³/mol. The maximum Gasteiger partial charge on any atom is 0.490 e. The quantitative estimate of drug-likeness (QED) is 0.503. The van der Waals surface area contributed by atoms with Gasteiger partial charge in [0.25, 0.3) is 0 Å². The van der Waals surface area contributed by atoms with Crippen LogP contribution in [0.4, 0.5) is 13.2 Å². The first-order valence-corrected chi connectivity index (χ1v) is 8.66. The normalized spacial score (nSPS) is 11.1. The van der Waals surface area contributed by atoms with Gasteiger partial charge in [-0.3, -0.25) is 0 Å². The molecule has 0 fully saturated rings. The molecule has 0 atom stereocenters. The molecule has 0 aromatic heterocycles. The van der Waals surface area contributed by atoms with Crippen LogP contribution >= 0.6 is 0 Å². The van der Waals surface area contributed by atoms with E-state index in [0.29, 0.717) is 11.3 Å². The number of esters is 1. The van der Waals surface area contributed by atoms with E-state index in [1.807, 2.05) is 30.3 Å². The molecule has 122 valence electrons. The molecule has 23 heavy (non-hydrogen) atoms. The summed E-state index contributed by atoms with van der Waals surface area (Å²) in [5.41, 5.74) is 0.526. The molecule has 2 aromatic carbocycles. The number of alkyl halides is 3. The van der Waals surface area contributed by atoms with Crippen molar-refractivity contribution in [1.82, 2.24) is 0 Å². The van der Waals surface area contributed by atoms with Gasteiger partial charge in [0.2, 0.25) is 3.57 Å². The summed E-state index contributed by atoms with van der Waals surface area (Å²) < 4.78 is 48.2. The zero-order valence-corrected chi connectivity index (χ0v) is 14.2. The Bertz CT molecular complexity index is 672. The average Bonchev–Trinajstić information content (AvgIpc) is 2.53. The van der Waals surface area contributed by atoms with Gasteiger partial charge in [-0.05, 0) is 30.3 Å². The van der Waals surface area contributed by atoms with Gasteiger partial charge in [0.15, 0.2) is 3.57 Å². The van der Waals surface area contributed by atoms with Gasteiger partial charge < -0.3 is 9.47 Å². The van der Waals surface area contributed by atoms with Gasteiger partial charge in [0.05, 0.1) is 7.11 Å². The van der Waals surface area contributed by atoms with Crippen LogP contribution in [0.2, 0.25) is 0 Å². The fraction of sp³-hybridized carbons (Fsp3) is 0.188. The van der Waals surface area contributed by atoms with Gasteiger partial charge in [0.1, 0.15) is 12.4 Å². The summed E-state index contributed by atoms with van der Waals surface area (Å²) in [5, 5.41) is 0. The van der Waals surface area contributed by atoms with Crippen molar-refractivity contribution in [3.8, 4) is 5.75 Å². The Hall–Kier alpha value is -1.77. The highest BCUT2D eigenvalue weighted by Crippen LogP contribution is 2.19. The van der Waals surface area contributed by atoms with E-state index in [0.717, 1.165) is 7.14 Å². The molecule has 0 unspecified atom stereocenters. The summed E-state index contributed by atoms with van der Waals surface area (Å²) in [5.74, 6) is -1.69. The molecule has 0 amide bonds. The third-order valence-corrected chi connectivity index (χ3v) is 5.76. The van der Waals surface area contributed by atoms with Crippen LogP contribution in [0.3, 0.4) is 0 Å². The Kier molecular flexibility index (Phi) is 5.86. The van der Waals surface area contributed by atoms with Crippen molar-refractivity contribution in [1.29, 1.82) is 0 Å². The minimum atomic E-state index is -4.99. The van der Waals surface area contributed by atoms with Crippen LogP contribution in [0.1, 0.15) is 5.56 Å². The fourth-order valence-electron chi connectivity index (χ4n) is 1.70. The highest BCUT2D eigenvalue weighted by molar-refractivity contribution is 5.75. The number of hydrogen-bond acceptors (Lipinski definition) is 3. The van der Waals surface area contributed by atoms with E-state index in [-0.39, 0.29) is 0 Å². The van der Waals surface area contributed by atoms with Crippen LogP contribution in [0.5, 0.6) is 5.75 Å². The summed E-state index contributed by atoms with van der Waals surface area (Å²) in [6.45, 7) is -0.433. The molecule has 0 bridgehead atoms. The van der Waals surface area contributed by atoms with Gasteiger partial charge in [-0.2, -0.15) is 13.2 Å². The standard InChI is InChI=1S/C16H13F3IO3/c1-22-13-7-8-14(20-12-5-3-2-4-6-12)11(9-13)10-23-15(21)16(17,18)19/h2-9H,10H2,1H3/q+1. The van der Waals surface area contributed by atoms with E-state index in [9.17, 15) is 18.0 Å². The fourth-order valence-corrected chi connectivity index (χ4v) is 4.16. The maximum absolute atomic E-state index is 12.3. The van der Waals surface area contributed by atoms with Crippen molar-refractivity contribution in [2.45, 2.75) is 12.8 Å². The van der Waals surface area contributed by atoms with Crippen molar-refractivity contribution in [3.05, 3.63) is 61.2 Å². The number of hydrogen-bond donors (Lipinski definition) is 0. The summed E-state index contributed by atoms with van der Waals surface area (Å²) in [6.07, 6.45) is -4.99. The van der Waals surface area contributed by atoms with Crippen LogP contribution in [0.25, 0.3) is 0 Å². The molecule has 7 heteroatoms. The van der Waals surface area contributed by atoms with Crippen molar-refractivity contribution >= 4 is 5.97 Å². The number of carbonyl (C=O) groups is 1. The van der Waals surface area contributed by atoms with E-state index in [1.165, 1.54) is 7.11 Å². The molecular weight excluding hydrogens is 424 g/mol. The van der Waals surface area contributed by atoms with E-state index in [2.05, 4.69) is 4.74 Å². The first-order valence-electron chi connectivity index (χ1n) is 6.51. The van der Waals surface area contributed by atoms with E-state index < -0.39 is 40.0 Å². The first-order chi connectivity index (χ1) is 10.9. The van der Waals surface area contributed by atoms with Gasteiger partial charge in [-0.25, -0.2) is 4.79 Å². The molecule has 2 rings (SSSR count). The average molecular weight is 437 g/mol. The van der Waals surface area contributed by atoms with Crippen LogP contribution < -0.4 is 25.9 Å². The zero-order valence-electron chi connectivity index (χ0n) is 12.1. The Morgan fingerprint density at radius 2 is 1.83 bits per heavy atom. The van der Waals surface area contributed by atoms with E-state index in [1.54, 1.807) is 18.2 Å². The Morgan fingerprint density at radius 1 is 1.13 bits per heavy atom. The van der Waals surface area contributed by atoms with E-state index >= 15 is 0 Å². The molecule has 0 aliphatic heterocycles. The summed E-state index contributed by atoms with van der Waals surface area (Å²) in [4.78, 5) is 10.9. The molecule has 2 aromatic rings. The third kappa shape index (κ3) is 5.12. The monoisotopic (exact) mass is 437 g/mol. The van der Waals surface area contributed by atoms with Crippen molar-refractivity contribution in [3.63, 3.8) is 0 Å². The molecular formula is C16H13F3IO3+. The highest BCUT2D eigenvalue weighted by Gasteiger charge is 2.41. The molecule has 0 spiro atoms. The molecule has 0 aliphatic rings. The molecule has 0 aliphatic carbocycles. The Morgan fingerprint density at radius 3 is 2.43 bits per heavy atom. The lowest BCUT2D eigenvalue weighted by molar-refractivity contribution is -0.598. The number of rotatable bonds is 5. The number of ether oxygens (including phenoxy) is 2. The molecule has 0 saturated carbocycles. The summed E-state index contributed by atoms with van der Waals surface area (Å²) in [7, 11) is 1.47. The topological polar surface area (TPSA) is 35.5 Å². The van der Waals surface area contributed by atoms with Gasteiger partial charge in [-0.15, -0.1) is 0 Å². The Balaban J connectivity index is 2.20. The number of halogens is 4.